The summed E-state index contributed by atoms with van der Waals surface area (Å²) in [6, 6.07) is 15.1. The zero-order chi connectivity index (χ0) is 18.0. The average molecular weight is 340 g/mol. The van der Waals surface area contributed by atoms with Gasteiger partial charge in [0.05, 0.1) is 6.04 Å². The molecule has 132 valence electrons. The molecular formula is C21H25FN2O. The summed E-state index contributed by atoms with van der Waals surface area (Å²) in [4.78, 5) is 15.9. The van der Waals surface area contributed by atoms with E-state index in [1.807, 2.05) is 12.1 Å². The lowest BCUT2D eigenvalue weighted by atomic mass is 9.98. The van der Waals surface area contributed by atoms with Crippen LogP contribution in [-0.4, -0.2) is 30.4 Å². The van der Waals surface area contributed by atoms with Crippen LogP contribution < -0.4 is 4.90 Å². The van der Waals surface area contributed by atoms with Crippen LogP contribution in [0.5, 0.6) is 0 Å². The number of carbonyl (C=O) groups excluding carboxylic acids is 1. The number of nitrogens with zero attached hydrogens (tertiary/aromatic N) is 2. The summed E-state index contributed by atoms with van der Waals surface area (Å²) in [6.07, 6.45) is 0. The fourth-order valence-electron chi connectivity index (χ4n) is 3.45. The molecule has 1 saturated heterocycles. The van der Waals surface area contributed by atoms with E-state index in [2.05, 4.69) is 43.0 Å². The number of benzene rings is 2. The van der Waals surface area contributed by atoms with Gasteiger partial charge in [0.1, 0.15) is 5.82 Å². The van der Waals surface area contributed by atoms with Crippen molar-refractivity contribution >= 4 is 11.6 Å². The quantitative estimate of drug-likeness (QED) is 0.829. The highest BCUT2D eigenvalue weighted by Gasteiger charge is 2.31. The highest BCUT2D eigenvalue weighted by Crippen LogP contribution is 2.33. The summed E-state index contributed by atoms with van der Waals surface area (Å²) in [5.74, 6) is 0.255. The van der Waals surface area contributed by atoms with Crippen molar-refractivity contribution in [1.82, 2.24) is 4.90 Å². The molecule has 0 aromatic heterocycles. The normalized spacial score (nSPS) is 17.9. The molecule has 3 rings (SSSR count). The molecule has 1 heterocycles. The van der Waals surface area contributed by atoms with Crippen molar-refractivity contribution in [3.63, 3.8) is 0 Å². The molecule has 1 atom stereocenters. The Morgan fingerprint density at radius 1 is 1.12 bits per heavy atom. The van der Waals surface area contributed by atoms with Crippen LogP contribution in [0.4, 0.5) is 10.1 Å². The topological polar surface area (TPSA) is 23.6 Å². The van der Waals surface area contributed by atoms with E-state index in [0.717, 1.165) is 5.69 Å². The Kier molecular flexibility index (Phi) is 5.07. The molecule has 25 heavy (non-hydrogen) atoms. The predicted molar refractivity (Wildman–Crippen MR) is 99.3 cm³/mol. The molecular weight excluding hydrogens is 315 g/mol. The van der Waals surface area contributed by atoms with Crippen LogP contribution in [0.15, 0.2) is 48.5 Å². The standard InChI is InChI=1S/C21H25FN2O/c1-15(2)17-7-6-8-18(13-17)24-12-11-23(16(3)25)14-21(24)19-9-4-5-10-20(19)22/h4-10,13,15,21H,11-12,14H2,1-3H3. The number of anilines is 1. The minimum absolute atomic E-state index is 0.0388. The molecule has 0 radical (unpaired) electrons. The summed E-state index contributed by atoms with van der Waals surface area (Å²) < 4.78 is 14.5. The summed E-state index contributed by atoms with van der Waals surface area (Å²) in [5.41, 5.74) is 2.99. The Morgan fingerprint density at radius 3 is 2.56 bits per heavy atom. The number of rotatable bonds is 3. The lowest BCUT2D eigenvalue weighted by Gasteiger charge is -2.43. The van der Waals surface area contributed by atoms with E-state index in [4.69, 9.17) is 0 Å². The first-order valence-electron chi connectivity index (χ1n) is 8.84. The van der Waals surface area contributed by atoms with Crippen molar-refractivity contribution in [2.75, 3.05) is 24.5 Å². The zero-order valence-electron chi connectivity index (χ0n) is 15.1. The van der Waals surface area contributed by atoms with Gasteiger partial charge in [-0.25, -0.2) is 4.39 Å². The second-order valence-electron chi connectivity index (χ2n) is 6.95. The molecule has 0 spiro atoms. The molecule has 1 fully saturated rings. The van der Waals surface area contributed by atoms with E-state index >= 15 is 0 Å². The molecule has 1 amide bonds. The first kappa shape index (κ1) is 17.5. The van der Waals surface area contributed by atoms with Gasteiger partial charge in [0.2, 0.25) is 5.91 Å². The molecule has 2 aromatic rings. The molecule has 0 bridgehead atoms. The van der Waals surface area contributed by atoms with E-state index in [0.29, 0.717) is 31.1 Å². The van der Waals surface area contributed by atoms with Gasteiger partial charge in [-0.3, -0.25) is 4.79 Å². The third kappa shape index (κ3) is 3.68. The van der Waals surface area contributed by atoms with E-state index in [9.17, 15) is 9.18 Å². The summed E-state index contributed by atoms with van der Waals surface area (Å²) in [6.45, 7) is 7.77. The highest BCUT2D eigenvalue weighted by atomic mass is 19.1. The van der Waals surface area contributed by atoms with Gasteiger partial charge in [-0.1, -0.05) is 44.2 Å². The average Bonchev–Trinajstić information content (AvgIpc) is 2.61. The molecule has 1 aliphatic heterocycles. The summed E-state index contributed by atoms with van der Waals surface area (Å²) >= 11 is 0. The summed E-state index contributed by atoms with van der Waals surface area (Å²) in [5, 5.41) is 0. The molecule has 2 aromatic carbocycles. The number of hydrogen-bond acceptors (Lipinski definition) is 2. The second kappa shape index (κ2) is 7.26. The van der Waals surface area contributed by atoms with Crippen LogP contribution in [0.25, 0.3) is 0 Å². The van der Waals surface area contributed by atoms with Crippen LogP contribution in [-0.2, 0) is 4.79 Å². The van der Waals surface area contributed by atoms with Crippen LogP contribution in [0.2, 0.25) is 0 Å². The van der Waals surface area contributed by atoms with Crippen LogP contribution in [0.3, 0.4) is 0 Å². The Morgan fingerprint density at radius 2 is 1.88 bits per heavy atom. The molecule has 4 heteroatoms. The van der Waals surface area contributed by atoms with Crippen molar-refractivity contribution in [2.45, 2.75) is 32.7 Å². The van der Waals surface area contributed by atoms with Crippen LogP contribution in [0, 0.1) is 5.82 Å². The second-order valence-corrected chi connectivity index (χ2v) is 6.95. The van der Waals surface area contributed by atoms with Gasteiger partial charge in [0.15, 0.2) is 0 Å². The number of hydrogen-bond donors (Lipinski definition) is 0. The van der Waals surface area contributed by atoms with Crippen molar-refractivity contribution in [3.8, 4) is 0 Å². The zero-order valence-corrected chi connectivity index (χ0v) is 15.1. The van der Waals surface area contributed by atoms with Crippen molar-refractivity contribution in [1.29, 1.82) is 0 Å². The third-order valence-corrected chi connectivity index (χ3v) is 4.96. The molecule has 3 nitrogen and oxygen atoms in total. The Hall–Kier alpha value is -2.36. The minimum atomic E-state index is -0.220. The smallest absolute Gasteiger partial charge is 0.219 e. The van der Waals surface area contributed by atoms with Gasteiger partial charge in [0, 0.05) is 37.8 Å². The van der Waals surface area contributed by atoms with Gasteiger partial charge in [-0.2, -0.15) is 0 Å². The van der Waals surface area contributed by atoms with Gasteiger partial charge in [-0.05, 0) is 29.7 Å². The lowest BCUT2D eigenvalue weighted by molar-refractivity contribution is -0.129. The Bertz CT molecular complexity index is 759. The number of piperazine rings is 1. The largest absolute Gasteiger partial charge is 0.361 e. The van der Waals surface area contributed by atoms with Crippen molar-refractivity contribution < 1.29 is 9.18 Å². The van der Waals surface area contributed by atoms with E-state index in [1.54, 1.807) is 17.9 Å². The van der Waals surface area contributed by atoms with E-state index in [1.165, 1.54) is 11.6 Å². The van der Waals surface area contributed by atoms with Crippen molar-refractivity contribution in [3.05, 3.63) is 65.5 Å². The molecule has 1 aliphatic rings. The fraction of sp³-hybridized carbons (Fsp3) is 0.381. The first-order chi connectivity index (χ1) is 12.0. The van der Waals surface area contributed by atoms with Crippen LogP contribution >= 0.6 is 0 Å². The molecule has 0 saturated carbocycles. The van der Waals surface area contributed by atoms with Gasteiger partial charge < -0.3 is 9.80 Å². The highest BCUT2D eigenvalue weighted by molar-refractivity contribution is 5.74. The van der Waals surface area contributed by atoms with Crippen molar-refractivity contribution in [2.24, 2.45) is 0 Å². The maximum Gasteiger partial charge on any atom is 0.219 e. The maximum absolute atomic E-state index is 14.5. The van der Waals surface area contributed by atoms with Gasteiger partial charge in [0.25, 0.3) is 0 Å². The van der Waals surface area contributed by atoms with Crippen LogP contribution in [0.1, 0.15) is 43.9 Å². The molecule has 1 unspecified atom stereocenters. The summed E-state index contributed by atoms with van der Waals surface area (Å²) in [7, 11) is 0. The lowest BCUT2D eigenvalue weighted by Crippen LogP contribution is -2.50. The van der Waals surface area contributed by atoms with E-state index < -0.39 is 0 Å². The Labute approximate surface area is 149 Å². The number of carbonyl (C=O) groups is 1. The number of amides is 1. The minimum Gasteiger partial charge on any atom is -0.361 e. The molecule has 0 aliphatic carbocycles. The Balaban J connectivity index is 2.00. The monoisotopic (exact) mass is 340 g/mol. The predicted octanol–water partition coefficient (Wildman–Crippen LogP) is 4.36. The fourth-order valence-corrected chi connectivity index (χ4v) is 3.45. The van der Waals surface area contributed by atoms with E-state index in [-0.39, 0.29) is 17.8 Å². The van der Waals surface area contributed by atoms with Gasteiger partial charge in [-0.15, -0.1) is 0 Å². The maximum atomic E-state index is 14.5. The third-order valence-electron chi connectivity index (χ3n) is 4.96. The molecule has 0 N–H and O–H groups in total. The van der Waals surface area contributed by atoms with Gasteiger partial charge >= 0.3 is 0 Å². The SMILES string of the molecule is CC(=O)N1CCN(c2cccc(C(C)C)c2)C(c2ccccc2F)C1. The number of halogens is 1. The first-order valence-corrected chi connectivity index (χ1v) is 8.84.